The lowest BCUT2D eigenvalue weighted by Gasteiger charge is -2.35. The Morgan fingerprint density at radius 3 is 2.57 bits per heavy atom. The lowest BCUT2D eigenvalue weighted by Crippen LogP contribution is -2.55. The van der Waals surface area contributed by atoms with Gasteiger partial charge < -0.3 is 20.9 Å². The molecule has 3 atom stereocenters. The molecule has 2 amide bonds. The van der Waals surface area contributed by atoms with Crippen LogP contribution in [0.2, 0.25) is 0 Å². The van der Waals surface area contributed by atoms with E-state index in [1.807, 2.05) is 17.0 Å². The second kappa shape index (κ2) is 11.6. The van der Waals surface area contributed by atoms with Gasteiger partial charge in [0.15, 0.2) is 0 Å². The van der Waals surface area contributed by atoms with Crippen molar-refractivity contribution in [3.05, 3.63) is 48.0 Å². The van der Waals surface area contributed by atoms with Crippen LogP contribution in [0.25, 0.3) is 0 Å². The summed E-state index contributed by atoms with van der Waals surface area (Å²) in [6.07, 6.45) is 9.88. The molecule has 188 valence electrons. The number of rotatable bonds is 8. The van der Waals surface area contributed by atoms with Gasteiger partial charge in [-0.1, -0.05) is 19.3 Å². The molecule has 1 saturated carbocycles. The van der Waals surface area contributed by atoms with Crippen LogP contribution in [0, 0.1) is 11.7 Å². The normalized spacial score (nSPS) is 20.3. The minimum absolute atomic E-state index is 0.00238. The molecule has 1 saturated heterocycles. The highest BCUT2D eigenvalue weighted by molar-refractivity contribution is 5.90. The van der Waals surface area contributed by atoms with E-state index >= 15 is 0 Å². The number of anilines is 2. The number of aromatic nitrogens is 2. The molecule has 0 aromatic carbocycles. The van der Waals surface area contributed by atoms with Crippen LogP contribution in [0.3, 0.4) is 0 Å². The molecule has 9 heteroatoms. The summed E-state index contributed by atoms with van der Waals surface area (Å²) in [6, 6.07) is 5.77. The minimum atomic E-state index is -0.512. The topological polar surface area (TPSA) is 99.3 Å². The van der Waals surface area contributed by atoms with Crippen molar-refractivity contribution in [3.63, 3.8) is 0 Å². The van der Waals surface area contributed by atoms with Crippen molar-refractivity contribution in [2.75, 3.05) is 18.9 Å². The summed E-state index contributed by atoms with van der Waals surface area (Å²) in [4.78, 5) is 37.0. The molecule has 35 heavy (non-hydrogen) atoms. The number of nitrogens with one attached hydrogen (secondary N) is 3. The first-order chi connectivity index (χ1) is 17.0. The molecule has 4 rings (SSSR count). The quantitative estimate of drug-likeness (QED) is 0.531. The van der Waals surface area contributed by atoms with Crippen molar-refractivity contribution in [1.82, 2.24) is 25.5 Å². The molecular weight excluding hydrogens is 447 g/mol. The number of hydrogen-bond acceptors (Lipinski definition) is 6. The van der Waals surface area contributed by atoms with Crippen LogP contribution >= 0.6 is 0 Å². The molecule has 8 nitrogen and oxygen atoms in total. The fourth-order valence-corrected chi connectivity index (χ4v) is 5.12. The molecule has 2 aromatic rings. The Morgan fingerprint density at radius 2 is 1.86 bits per heavy atom. The highest BCUT2D eigenvalue weighted by atomic mass is 19.1. The van der Waals surface area contributed by atoms with E-state index in [0.717, 1.165) is 50.3 Å². The molecule has 1 aliphatic carbocycles. The van der Waals surface area contributed by atoms with Gasteiger partial charge >= 0.3 is 0 Å². The molecule has 3 N–H and O–H groups in total. The summed E-state index contributed by atoms with van der Waals surface area (Å²) in [6.45, 7) is 2.46. The minimum Gasteiger partial charge on any atom is -0.343 e. The Balaban J connectivity index is 1.53. The summed E-state index contributed by atoms with van der Waals surface area (Å²) < 4.78 is 13.2. The van der Waals surface area contributed by atoms with Crippen molar-refractivity contribution in [2.45, 2.75) is 70.0 Å². The summed E-state index contributed by atoms with van der Waals surface area (Å²) in [5, 5.41) is 9.15. The molecule has 0 bridgehead atoms. The molecule has 0 spiro atoms. The SMILES string of the molecule is CN[C@@H](C)C(=O)N[C@H](C(=O)N1CCC[C@H]1c1ccnc(Nc2ccc(F)cn2)c1)C1CCCCC1. The third kappa shape index (κ3) is 6.14. The molecular formula is C26H35FN6O2. The molecule has 0 unspecified atom stereocenters. The van der Waals surface area contributed by atoms with Crippen molar-refractivity contribution in [3.8, 4) is 0 Å². The lowest BCUT2D eigenvalue weighted by molar-refractivity contribution is -0.139. The summed E-state index contributed by atoms with van der Waals surface area (Å²) in [5.41, 5.74) is 0.979. The zero-order valence-electron chi connectivity index (χ0n) is 20.5. The van der Waals surface area contributed by atoms with Gasteiger partial charge in [0.25, 0.3) is 0 Å². The van der Waals surface area contributed by atoms with E-state index in [4.69, 9.17) is 0 Å². The lowest BCUT2D eigenvalue weighted by atomic mass is 9.83. The Hall–Kier alpha value is -3.07. The second-order valence-electron chi connectivity index (χ2n) is 9.55. The molecule has 3 heterocycles. The molecule has 2 aromatic heterocycles. The monoisotopic (exact) mass is 482 g/mol. The largest absolute Gasteiger partial charge is 0.343 e. The first kappa shape index (κ1) is 25.0. The predicted molar refractivity (Wildman–Crippen MR) is 132 cm³/mol. The van der Waals surface area contributed by atoms with E-state index in [1.54, 1.807) is 26.2 Å². The first-order valence-corrected chi connectivity index (χ1v) is 12.6. The molecule has 2 aliphatic rings. The van der Waals surface area contributed by atoms with Crippen LogP contribution in [0.15, 0.2) is 36.7 Å². The molecule has 0 radical (unpaired) electrons. The highest BCUT2D eigenvalue weighted by Gasteiger charge is 2.39. The number of likely N-dealkylation sites (N-methyl/N-ethyl adjacent to an activating group) is 1. The van der Waals surface area contributed by atoms with Gasteiger partial charge in [0.2, 0.25) is 11.8 Å². The highest BCUT2D eigenvalue weighted by Crippen LogP contribution is 2.35. The Kier molecular flexibility index (Phi) is 8.28. The Morgan fingerprint density at radius 1 is 1.06 bits per heavy atom. The smallest absolute Gasteiger partial charge is 0.245 e. The average molecular weight is 483 g/mol. The maximum absolute atomic E-state index is 13.9. The first-order valence-electron chi connectivity index (χ1n) is 12.6. The Bertz CT molecular complexity index is 1010. The van der Waals surface area contributed by atoms with Gasteiger partial charge in [-0.2, -0.15) is 0 Å². The molecule has 1 aliphatic heterocycles. The number of carbonyl (C=O) groups excluding carboxylic acids is 2. The van der Waals surface area contributed by atoms with Crippen molar-refractivity contribution in [1.29, 1.82) is 0 Å². The number of carbonyl (C=O) groups is 2. The summed E-state index contributed by atoms with van der Waals surface area (Å²) in [7, 11) is 1.74. The predicted octanol–water partition coefficient (Wildman–Crippen LogP) is 3.70. The maximum atomic E-state index is 13.9. The van der Waals surface area contributed by atoms with Crippen molar-refractivity contribution >= 4 is 23.5 Å². The zero-order valence-corrected chi connectivity index (χ0v) is 20.5. The molecule has 2 fully saturated rings. The number of amides is 2. The van der Waals surface area contributed by atoms with Gasteiger partial charge in [-0.05, 0) is 75.4 Å². The van der Waals surface area contributed by atoms with Crippen LogP contribution < -0.4 is 16.0 Å². The standard InChI is InChI=1S/C26H35FN6O2/c1-17(28-2)25(34)32-24(18-7-4-3-5-8-18)26(35)33-14-6-9-21(33)19-12-13-29-23(15-19)31-22-11-10-20(27)16-30-22/h10-13,15-18,21,24,28H,3-9,14H2,1-2H3,(H,32,34)(H,29,30,31)/t17-,21-,24-/m0/s1. The number of halogens is 1. The number of hydrogen-bond donors (Lipinski definition) is 3. The van der Waals surface area contributed by atoms with E-state index in [-0.39, 0.29) is 29.8 Å². The van der Waals surface area contributed by atoms with Crippen molar-refractivity contribution in [2.24, 2.45) is 5.92 Å². The van der Waals surface area contributed by atoms with E-state index < -0.39 is 11.9 Å². The van der Waals surface area contributed by atoms with Gasteiger partial charge in [0.1, 0.15) is 23.5 Å². The third-order valence-electron chi connectivity index (χ3n) is 7.20. The van der Waals surface area contributed by atoms with Crippen LogP contribution in [-0.2, 0) is 9.59 Å². The third-order valence-corrected chi connectivity index (χ3v) is 7.20. The van der Waals surface area contributed by atoms with Gasteiger partial charge in [-0.25, -0.2) is 14.4 Å². The van der Waals surface area contributed by atoms with Crippen LogP contribution in [0.4, 0.5) is 16.0 Å². The van der Waals surface area contributed by atoms with Crippen LogP contribution in [-0.4, -0.2) is 52.4 Å². The fourth-order valence-electron chi connectivity index (χ4n) is 5.12. The number of pyridine rings is 2. The Labute approximate surface area is 206 Å². The van der Waals surface area contributed by atoms with Gasteiger partial charge in [-0.3, -0.25) is 9.59 Å². The van der Waals surface area contributed by atoms with Gasteiger partial charge in [0, 0.05) is 12.7 Å². The van der Waals surface area contributed by atoms with Crippen molar-refractivity contribution < 1.29 is 14.0 Å². The summed E-state index contributed by atoms with van der Waals surface area (Å²) >= 11 is 0. The zero-order chi connectivity index (χ0) is 24.8. The van der Waals surface area contributed by atoms with Crippen LogP contribution in [0.5, 0.6) is 0 Å². The van der Waals surface area contributed by atoms with Gasteiger partial charge in [-0.15, -0.1) is 0 Å². The van der Waals surface area contributed by atoms with Gasteiger partial charge in [0.05, 0.1) is 18.3 Å². The van der Waals surface area contributed by atoms with E-state index in [0.29, 0.717) is 18.2 Å². The number of nitrogens with zero attached hydrogens (tertiary/aromatic N) is 3. The van der Waals surface area contributed by atoms with Crippen LogP contribution in [0.1, 0.15) is 63.5 Å². The maximum Gasteiger partial charge on any atom is 0.245 e. The van der Waals surface area contributed by atoms with E-state index in [1.165, 1.54) is 12.5 Å². The fraction of sp³-hybridized carbons (Fsp3) is 0.538. The van der Waals surface area contributed by atoms with E-state index in [2.05, 4.69) is 25.9 Å². The van der Waals surface area contributed by atoms with E-state index in [9.17, 15) is 14.0 Å². The average Bonchev–Trinajstić information content (AvgIpc) is 3.38. The number of likely N-dealkylation sites (tertiary alicyclic amines) is 1. The summed E-state index contributed by atoms with van der Waals surface area (Å²) in [5.74, 6) is 0.692. The second-order valence-corrected chi connectivity index (χ2v) is 9.55.